The first kappa shape index (κ1) is 21.7. The van der Waals surface area contributed by atoms with E-state index in [0.717, 1.165) is 32.1 Å². The molecule has 0 fully saturated rings. The SMILES string of the molecule is CCN(/C=C/N(CC)[Si](C)(C)C)CCC[Si](OC)(OC)OC. The molecule has 0 radical (unpaired) electrons. The maximum atomic E-state index is 5.47. The van der Waals surface area contributed by atoms with Crippen molar-refractivity contribution in [2.24, 2.45) is 0 Å². The third-order valence-corrected chi connectivity index (χ3v) is 8.95. The lowest BCUT2D eigenvalue weighted by atomic mass is 10.4. The quantitative estimate of drug-likeness (QED) is 0.506. The van der Waals surface area contributed by atoms with Crippen molar-refractivity contribution in [3.8, 4) is 0 Å². The highest BCUT2D eigenvalue weighted by Crippen LogP contribution is 2.16. The molecule has 0 rings (SSSR count). The second kappa shape index (κ2) is 10.4. The summed E-state index contributed by atoms with van der Waals surface area (Å²) in [7, 11) is 1.30. The normalized spacial score (nSPS) is 12.9. The minimum absolute atomic E-state index is 0.840. The van der Waals surface area contributed by atoms with Crippen molar-refractivity contribution in [1.82, 2.24) is 9.47 Å². The molecule has 22 heavy (non-hydrogen) atoms. The first-order valence-electron chi connectivity index (χ1n) is 8.13. The fourth-order valence-corrected chi connectivity index (χ4v) is 5.54. The molecule has 0 amide bonds. The van der Waals surface area contributed by atoms with Crippen LogP contribution in [0.2, 0.25) is 25.7 Å². The molecule has 0 aromatic carbocycles. The van der Waals surface area contributed by atoms with Gasteiger partial charge in [-0.1, -0.05) is 19.6 Å². The van der Waals surface area contributed by atoms with E-state index in [0.29, 0.717) is 0 Å². The second-order valence-corrected chi connectivity index (χ2v) is 14.3. The molecular weight excluding hydrogens is 312 g/mol. The summed E-state index contributed by atoms with van der Waals surface area (Å²) in [6, 6.07) is 0.840. The number of rotatable bonds is 12. The van der Waals surface area contributed by atoms with Gasteiger partial charge in [0.2, 0.25) is 0 Å². The molecule has 0 bridgehead atoms. The van der Waals surface area contributed by atoms with Gasteiger partial charge in [0.05, 0.1) is 0 Å². The van der Waals surface area contributed by atoms with Crippen molar-refractivity contribution < 1.29 is 13.3 Å². The Balaban J connectivity index is 4.50. The first-order valence-corrected chi connectivity index (χ1v) is 13.5. The molecule has 0 spiro atoms. The molecule has 0 unspecified atom stereocenters. The Labute approximate surface area is 139 Å². The predicted molar refractivity (Wildman–Crippen MR) is 98.3 cm³/mol. The van der Waals surface area contributed by atoms with Crippen LogP contribution in [0.25, 0.3) is 0 Å². The van der Waals surface area contributed by atoms with E-state index in [1.807, 2.05) is 0 Å². The summed E-state index contributed by atoms with van der Waals surface area (Å²) in [5.41, 5.74) is 0. The van der Waals surface area contributed by atoms with Gasteiger partial charge < -0.3 is 22.7 Å². The predicted octanol–water partition coefficient (Wildman–Crippen LogP) is 3.20. The van der Waals surface area contributed by atoms with E-state index < -0.39 is 17.0 Å². The Kier molecular flexibility index (Phi) is 10.3. The summed E-state index contributed by atoms with van der Waals surface area (Å²) in [6.45, 7) is 14.6. The van der Waals surface area contributed by atoms with E-state index in [4.69, 9.17) is 13.3 Å². The Morgan fingerprint density at radius 3 is 1.77 bits per heavy atom. The average Bonchev–Trinajstić information content (AvgIpc) is 2.49. The Bertz CT molecular complexity index is 310. The summed E-state index contributed by atoms with van der Waals surface area (Å²) in [5, 5.41) is 0. The molecule has 0 N–H and O–H groups in total. The summed E-state index contributed by atoms with van der Waals surface area (Å²) in [5.74, 6) is 0. The topological polar surface area (TPSA) is 34.2 Å². The highest BCUT2D eigenvalue weighted by molar-refractivity contribution is 6.73. The second-order valence-electron chi connectivity index (χ2n) is 6.28. The fourth-order valence-electron chi connectivity index (χ4n) is 2.37. The van der Waals surface area contributed by atoms with Crippen molar-refractivity contribution in [2.45, 2.75) is 46.0 Å². The number of nitrogens with zero attached hydrogens (tertiary/aromatic N) is 2. The maximum Gasteiger partial charge on any atom is 0.500 e. The van der Waals surface area contributed by atoms with Crippen LogP contribution >= 0.6 is 0 Å². The zero-order valence-electron chi connectivity index (χ0n) is 15.8. The van der Waals surface area contributed by atoms with Gasteiger partial charge in [-0.05, 0) is 20.3 Å². The summed E-state index contributed by atoms with van der Waals surface area (Å²) < 4.78 is 18.9. The van der Waals surface area contributed by atoms with Gasteiger partial charge in [0.15, 0.2) is 0 Å². The van der Waals surface area contributed by atoms with Gasteiger partial charge in [-0.3, -0.25) is 0 Å². The Hall–Kier alpha value is -0.346. The highest BCUT2D eigenvalue weighted by atomic mass is 28.4. The van der Waals surface area contributed by atoms with Gasteiger partial charge in [-0.15, -0.1) is 0 Å². The van der Waals surface area contributed by atoms with Crippen LogP contribution in [-0.4, -0.2) is 67.5 Å². The van der Waals surface area contributed by atoms with Crippen LogP contribution in [-0.2, 0) is 13.3 Å². The van der Waals surface area contributed by atoms with Crippen LogP contribution in [0.3, 0.4) is 0 Å². The van der Waals surface area contributed by atoms with E-state index in [9.17, 15) is 0 Å². The van der Waals surface area contributed by atoms with E-state index >= 15 is 0 Å². The molecule has 0 heterocycles. The lowest BCUT2D eigenvalue weighted by Gasteiger charge is -2.33. The van der Waals surface area contributed by atoms with E-state index in [2.05, 4.69) is 55.4 Å². The third-order valence-electron chi connectivity index (χ3n) is 3.93. The maximum absolute atomic E-state index is 5.47. The molecule has 7 heteroatoms. The highest BCUT2D eigenvalue weighted by Gasteiger charge is 2.36. The molecule has 0 atom stereocenters. The van der Waals surface area contributed by atoms with Crippen LogP contribution < -0.4 is 0 Å². The van der Waals surface area contributed by atoms with Crippen LogP contribution in [0.4, 0.5) is 0 Å². The molecule has 0 aromatic rings. The summed E-state index contributed by atoms with van der Waals surface area (Å²) in [6.07, 6.45) is 5.47. The minimum atomic E-state index is -2.43. The number of hydrogen-bond acceptors (Lipinski definition) is 5. The van der Waals surface area contributed by atoms with E-state index in [1.165, 1.54) is 0 Å². The van der Waals surface area contributed by atoms with Gasteiger partial charge in [0.25, 0.3) is 0 Å². The monoisotopic (exact) mass is 348 g/mol. The summed E-state index contributed by atoms with van der Waals surface area (Å²) in [4.78, 5) is 2.34. The Morgan fingerprint density at radius 2 is 1.41 bits per heavy atom. The first-order chi connectivity index (χ1) is 10.3. The molecule has 0 aliphatic carbocycles. The van der Waals surface area contributed by atoms with Crippen LogP contribution in [0.1, 0.15) is 20.3 Å². The van der Waals surface area contributed by atoms with Gasteiger partial charge in [-0.25, -0.2) is 0 Å². The molecule has 0 aliphatic heterocycles. The Morgan fingerprint density at radius 1 is 0.864 bits per heavy atom. The molecular formula is C15H36N2O3Si2. The van der Waals surface area contributed by atoms with Gasteiger partial charge in [-0.2, -0.15) is 0 Å². The minimum Gasteiger partial charge on any atom is -0.403 e. The molecule has 0 saturated heterocycles. The molecule has 132 valence electrons. The fraction of sp³-hybridized carbons (Fsp3) is 0.867. The van der Waals surface area contributed by atoms with Gasteiger partial charge in [0, 0.05) is 59.4 Å². The molecule has 5 nitrogen and oxygen atoms in total. The molecule has 0 saturated carbocycles. The third kappa shape index (κ3) is 7.28. The van der Waals surface area contributed by atoms with Crippen molar-refractivity contribution in [3.05, 3.63) is 12.4 Å². The molecule has 0 aromatic heterocycles. The van der Waals surface area contributed by atoms with Gasteiger partial charge >= 0.3 is 8.80 Å². The average molecular weight is 349 g/mol. The van der Waals surface area contributed by atoms with Crippen LogP contribution in [0.5, 0.6) is 0 Å². The van der Waals surface area contributed by atoms with E-state index in [1.54, 1.807) is 21.3 Å². The van der Waals surface area contributed by atoms with Crippen molar-refractivity contribution in [2.75, 3.05) is 41.0 Å². The lowest BCUT2D eigenvalue weighted by Crippen LogP contribution is -2.43. The van der Waals surface area contributed by atoms with Gasteiger partial charge in [0.1, 0.15) is 8.24 Å². The van der Waals surface area contributed by atoms with Crippen molar-refractivity contribution in [1.29, 1.82) is 0 Å². The van der Waals surface area contributed by atoms with Crippen LogP contribution in [0, 0.1) is 0 Å². The number of hydrogen-bond donors (Lipinski definition) is 0. The van der Waals surface area contributed by atoms with Crippen LogP contribution in [0.15, 0.2) is 12.4 Å². The lowest BCUT2D eigenvalue weighted by molar-refractivity contribution is 0.122. The largest absolute Gasteiger partial charge is 0.500 e. The van der Waals surface area contributed by atoms with Crippen molar-refractivity contribution >= 4 is 17.0 Å². The van der Waals surface area contributed by atoms with Crippen molar-refractivity contribution in [3.63, 3.8) is 0 Å². The smallest absolute Gasteiger partial charge is 0.403 e. The zero-order valence-corrected chi connectivity index (χ0v) is 17.8. The molecule has 0 aliphatic rings. The summed E-state index contributed by atoms with van der Waals surface area (Å²) >= 11 is 0. The standard InChI is InChI=1S/C15H36N2O3Si2/c1-9-16(13-14-17(10-2)21(6,7)8)12-11-15-22(18-3,19-4)20-5/h13-14H,9-12,15H2,1-8H3/b14-13+. The van der Waals surface area contributed by atoms with E-state index in [-0.39, 0.29) is 0 Å². The zero-order chi connectivity index (χ0) is 17.2.